The molecule has 1 N–H and O–H groups in total. The molecule has 0 aliphatic heterocycles. The van der Waals surface area contributed by atoms with E-state index in [1.54, 1.807) is 36.4 Å². The third-order valence-corrected chi connectivity index (χ3v) is 2.91. The molecule has 2 rings (SSSR count). The van der Waals surface area contributed by atoms with Gasteiger partial charge in [0.2, 0.25) is 0 Å². The molecule has 82 valence electrons. The van der Waals surface area contributed by atoms with E-state index in [-0.39, 0.29) is 5.82 Å². The summed E-state index contributed by atoms with van der Waals surface area (Å²) in [4.78, 5) is 0. The average molecular weight is 256 g/mol. The highest BCUT2D eigenvalue weighted by Gasteiger charge is 2.06. The molecule has 16 heavy (non-hydrogen) atoms. The van der Waals surface area contributed by atoms with E-state index in [4.69, 9.17) is 23.2 Å². The molecule has 2 aromatic rings. The van der Waals surface area contributed by atoms with Gasteiger partial charge in [0.1, 0.15) is 5.82 Å². The lowest BCUT2D eigenvalue weighted by atomic mass is 10.2. The summed E-state index contributed by atoms with van der Waals surface area (Å²) in [5, 5.41) is 3.71. The molecule has 0 heterocycles. The minimum absolute atomic E-state index is 0.335. The fourth-order valence-corrected chi connectivity index (χ4v) is 1.66. The Hall–Kier alpha value is -1.25. The molecule has 0 saturated heterocycles. The van der Waals surface area contributed by atoms with Crippen LogP contribution in [-0.2, 0) is 0 Å². The van der Waals surface area contributed by atoms with Crippen LogP contribution in [0.4, 0.5) is 15.8 Å². The van der Waals surface area contributed by atoms with Crippen LogP contribution in [0.1, 0.15) is 0 Å². The summed E-state index contributed by atoms with van der Waals surface area (Å²) in [6, 6.07) is 11.5. The molecule has 0 spiro atoms. The van der Waals surface area contributed by atoms with Crippen LogP contribution in [0.5, 0.6) is 0 Å². The van der Waals surface area contributed by atoms with Gasteiger partial charge in [0, 0.05) is 0 Å². The second kappa shape index (κ2) is 4.73. The zero-order valence-electron chi connectivity index (χ0n) is 8.18. The van der Waals surface area contributed by atoms with E-state index in [1.807, 2.05) is 0 Å². The molecule has 2 aromatic carbocycles. The van der Waals surface area contributed by atoms with Crippen LogP contribution in [-0.4, -0.2) is 0 Å². The maximum atomic E-state index is 13.4. The van der Waals surface area contributed by atoms with Crippen LogP contribution in [0.2, 0.25) is 10.0 Å². The van der Waals surface area contributed by atoms with E-state index in [0.717, 1.165) is 0 Å². The Morgan fingerprint density at radius 1 is 0.875 bits per heavy atom. The lowest BCUT2D eigenvalue weighted by molar-refractivity contribution is 0.632. The predicted molar refractivity (Wildman–Crippen MR) is 66.1 cm³/mol. The van der Waals surface area contributed by atoms with Crippen molar-refractivity contribution >= 4 is 34.6 Å². The smallest absolute Gasteiger partial charge is 0.146 e. The van der Waals surface area contributed by atoms with Gasteiger partial charge in [-0.2, -0.15) is 0 Å². The van der Waals surface area contributed by atoms with Crippen molar-refractivity contribution in [3.8, 4) is 0 Å². The summed E-state index contributed by atoms with van der Waals surface area (Å²) in [7, 11) is 0. The van der Waals surface area contributed by atoms with Crippen molar-refractivity contribution in [2.45, 2.75) is 0 Å². The summed E-state index contributed by atoms with van der Waals surface area (Å²) < 4.78 is 13.4. The zero-order chi connectivity index (χ0) is 11.5. The molecule has 0 bridgehead atoms. The Morgan fingerprint density at radius 3 is 2.31 bits per heavy atom. The van der Waals surface area contributed by atoms with Gasteiger partial charge in [-0.1, -0.05) is 41.4 Å². The van der Waals surface area contributed by atoms with Crippen molar-refractivity contribution in [3.63, 3.8) is 0 Å². The van der Waals surface area contributed by atoms with Crippen LogP contribution >= 0.6 is 23.2 Å². The summed E-state index contributed by atoms with van der Waals surface area (Å²) in [6.45, 7) is 0. The normalized spacial score (nSPS) is 10.2. The number of nitrogens with one attached hydrogen (secondary N) is 1. The van der Waals surface area contributed by atoms with Crippen molar-refractivity contribution in [1.29, 1.82) is 0 Å². The first-order valence-corrected chi connectivity index (χ1v) is 5.39. The third-order valence-electron chi connectivity index (χ3n) is 2.09. The lowest BCUT2D eigenvalue weighted by Crippen LogP contribution is -1.94. The summed E-state index contributed by atoms with van der Waals surface area (Å²) in [5.74, 6) is -0.335. The molecule has 0 unspecified atom stereocenters. The highest BCUT2D eigenvalue weighted by Crippen LogP contribution is 2.32. The summed E-state index contributed by atoms with van der Waals surface area (Å²) >= 11 is 11.8. The van der Waals surface area contributed by atoms with Crippen LogP contribution in [0.15, 0.2) is 42.5 Å². The monoisotopic (exact) mass is 255 g/mol. The van der Waals surface area contributed by atoms with Gasteiger partial charge in [0.15, 0.2) is 0 Å². The number of halogens is 3. The van der Waals surface area contributed by atoms with Gasteiger partial charge in [-0.25, -0.2) is 4.39 Å². The molecule has 0 amide bonds. The Morgan fingerprint density at radius 2 is 1.56 bits per heavy atom. The SMILES string of the molecule is Fc1ccccc1Nc1cccc(Cl)c1Cl. The summed E-state index contributed by atoms with van der Waals surface area (Å²) in [5.41, 5.74) is 0.950. The Bertz CT molecular complexity index is 514. The van der Waals surface area contributed by atoms with Gasteiger partial charge in [-0.3, -0.25) is 0 Å². The number of anilines is 2. The van der Waals surface area contributed by atoms with E-state index < -0.39 is 0 Å². The topological polar surface area (TPSA) is 12.0 Å². The van der Waals surface area contributed by atoms with Gasteiger partial charge < -0.3 is 5.32 Å². The molecule has 0 aliphatic carbocycles. The maximum Gasteiger partial charge on any atom is 0.146 e. The molecular weight excluding hydrogens is 248 g/mol. The molecular formula is C12H8Cl2FN. The first-order valence-electron chi connectivity index (χ1n) is 4.64. The van der Waals surface area contributed by atoms with Crippen LogP contribution in [0.25, 0.3) is 0 Å². The molecule has 0 aliphatic rings. The van der Waals surface area contributed by atoms with Gasteiger partial charge in [0.05, 0.1) is 21.4 Å². The van der Waals surface area contributed by atoms with E-state index in [1.165, 1.54) is 6.07 Å². The van der Waals surface area contributed by atoms with E-state index in [2.05, 4.69) is 5.32 Å². The third kappa shape index (κ3) is 2.29. The molecule has 1 nitrogen and oxygen atoms in total. The number of para-hydroxylation sites is 1. The first kappa shape index (κ1) is 11.2. The average Bonchev–Trinajstić information content (AvgIpc) is 2.28. The lowest BCUT2D eigenvalue weighted by Gasteiger charge is -2.09. The standard InChI is InChI=1S/C12H8Cl2FN/c13-8-4-3-7-11(12(8)14)16-10-6-2-1-5-9(10)15/h1-7,16H. The molecule has 0 aromatic heterocycles. The number of benzene rings is 2. The molecule has 0 radical (unpaired) electrons. The summed E-state index contributed by atoms with van der Waals surface area (Å²) in [6.07, 6.45) is 0. The van der Waals surface area contributed by atoms with Crippen molar-refractivity contribution in [2.24, 2.45) is 0 Å². The number of hydrogen-bond donors (Lipinski definition) is 1. The minimum atomic E-state index is -0.335. The maximum absolute atomic E-state index is 13.4. The quantitative estimate of drug-likeness (QED) is 0.807. The zero-order valence-corrected chi connectivity index (χ0v) is 9.69. The Labute approximate surface area is 103 Å². The number of hydrogen-bond acceptors (Lipinski definition) is 1. The van der Waals surface area contributed by atoms with Crippen molar-refractivity contribution in [1.82, 2.24) is 0 Å². The van der Waals surface area contributed by atoms with Crippen LogP contribution < -0.4 is 5.32 Å². The fourth-order valence-electron chi connectivity index (χ4n) is 1.31. The molecule has 0 saturated carbocycles. The predicted octanol–water partition coefficient (Wildman–Crippen LogP) is 4.88. The first-order chi connectivity index (χ1) is 7.68. The second-order valence-electron chi connectivity index (χ2n) is 3.21. The van der Waals surface area contributed by atoms with Gasteiger partial charge >= 0.3 is 0 Å². The van der Waals surface area contributed by atoms with E-state index in [0.29, 0.717) is 21.4 Å². The van der Waals surface area contributed by atoms with Gasteiger partial charge in [-0.15, -0.1) is 0 Å². The second-order valence-corrected chi connectivity index (χ2v) is 3.99. The van der Waals surface area contributed by atoms with E-state index in [9.17, 15) is 4.39 Å². The minimum Gasteiger partial charge on any atom is -0.352 e. The molecule has 4 heteroatoms. The molecule has 0 atom stereocenters. The molecule has 0 fully saturated rings. The largest absolute Gasteiger partial charge is 0.352 e. The highest BCUT2D eigenvalue weighted by molar-refractivity contribution is 6.43. The Kier molecular flexibility index (Phi) is 3.32. The Balaban J connectivity index is 2.35. The number of rotatable bonds is 2. The van der Waals surface area contributed by atoms with E-state index >= 15 is 0 Å². The van der Waals surface area contributed by atoms with Crippen LogP contribution in [0.3, 0.4) is 0 Å². The van der Waals surface area contributed by atoms with Gasteiger partial charge in [0.25, 0.3) is 0 Å². The van der Waals surface area contributed by atoms with Crippen LogP contribution in [0, 0.1) is 5.82 Å². The van der Waals surface area contributed by atoms with Crippen molar-refractivity contribution in [2.75, 3.05) is 5.32 Å². The van der Waals surface area contributed by atoms with Gasteiger partial charge in [-0.05, 0) is 24.3 Å². The fraction of sp³-hybridized carbons (Fsp3) is 0. The van der Waals surface area contributed by atoms with Crippen molar-refractivity contribution in [3.05, 3.63) is 58.3 Å². The highest BCUT2D eigenvalue weighted by atomic mass is 35.5. The van der Waals surface area contributed by atoms with Crippen molar-refractivity contribution < 1.29 is 4.39 Å².